The Morgan fingerprint density at radius 3 is 1.98 bits per heavy atom. The minimum absolute atomic E-state index is 0.00743. The molecule has 3 aromatic carbocycles. The molecule has 46 heavy (non-hydrogen) atoms. The van der Waals surface area contributed by atoms with Crippen LogP contribution in [0.1, 0.15) is 27.1 Å². The fraction of sp³-hybridized carbons (Fsp3) is 0.333. The van der Waals surface area contributed by atoms with E-state index in [2.05, 4.69) is 22.2 Å². The van der Waals surface area contributed by atoms with E-state index in [4.69, 9.17) is 13.8 Å². The number of anilines is 1. The lowest BCUT2D eigenvalue weighted by Gasteiger charge is -2.32. The first kappa shape index (κ1) is 38.1. The molecule has 1 heterocycles. The van der Waals surface area contributed by atoms with Crippen LogP contribution in [0.4, 0.5) is 5.69 Å². The predicted molar refractivity (Wildman–Crippen MR) is 174 cm³/mol. The number of aromatic carboxylic acids is 1. The van der Waals surface area contributed by atoms with E-state index in [1.165, 1.54) is 18.2 Å². The SMILES string of the molecule is CN1CCN(CCCOc2ccc(O)c(C(=O)Nc3cc(-c4ccccc4)ccc3C(=O)O)c2)CC1.CS(=O)(=O)O.CS(=O)(=O)O. The zero-order valence-electron chi connectivity index (χ0n) is 25.7. The quantitative estimate of drug-likeness (QED) is 0.163. The van der Waals surface area contributed by atoms with Crippen LogP contribution in [-0.2, 0) is 20.2 Å². The highest BCUT2D eigenvalue weighted by Gasteiger charge is 2.18. The van der Waals surface area contributed by atoms with Crippen LogP contribution in [0.25, 0.3) is 11.1 Å². The first-order chi connectivity index (χ1) is 21.4. The number of hydrogen-bond donors (Lipinski definition) is 5. The average molecular weight is 682 g/mol. The van der Waals surface area contributed by atoms with Crippen molar-refractivity contribution in [1.29, 1.82) is 0 Å². The standard InChI is InChI=1S/C28H31N3O5.2CH4O3S/c1-30-13-15-31(16-14-30)12-5-17-36-22-9-11-26(32)24(19-22)27(33)29-25-18-21(8-10-23(25)28(34)35)20-6-3-2-4-7-20;2*1-5(2,3)4/h2-4,6-11,18-19,32H,5,12-17H2,1H3,(H,29,33)(H,34,35);2*1H3,(H,2,3,4). The van der Waals surface area contributed by atoms with E-state index in [-0.39, 0.29) is 22.6 Å². The zero-order chi connectivity index (χ0) is 34.5. The monoisotopic (exact) mass is 681 g/mol. The number of phenols is 1. The number of aromatic hydroxyl groups is 1. The molecule has 1 amide bonds. The van der Waals surface area contributed by atoms with Crippen molar-refractivity contribution in [3.63, 3.8) is 0 Å². The van der Waals surface area contributed by atoms with Gasteiger partial charge in [-0.15, -0.1) is 0 Å². The predicted octanol–water partition coefficient (Wildman–Crippen LogP) is 3.03. The Morgan fingerprint density at radius 1 is 0.826 bits per heavy atom. The van der Waals surface area contributed by atoms with Gasteiger partial charge in [-0.2, -0.15) is 16.8 Å². The largest absolute Gasteiger partial charge is 0.507 e. The number of nitrogens with zero attached hydrogens (tertiary/aromatic N) is 2. The fourth-order valence-corrected chi connectivity index (χ4v) is 4.17. The van der Waals surface area contributed by atoms with E-state index in [0.717, 1.165) is 50.3 Å². The zero-order valence-corrected chi connectivity index (χ0v) is 27.3. The number of carbonyl (C=O) groups excluding carboxylic acids is 1. The number of carboxylic acid groups (broad SMARTS) is 1. The van der Waals surface area contributed by atoms with Crippen LogP contribution >= 0.6 is 0 Å². The number of nitrogens with one attached hydrogen (secondary N) is 1. The number of amides is 1. The third-order valence-electron chi connectivity index (χ3n) is 6.30. The third kappa shape index (κ3) is 15.3. The summed E-state index contributed by atoms with van der Waals surface area (Å²) in [5.41, 5.74) is 1.76. The molecule has 5 N–H and O–H groups in total. The van der Waals surface area contributed by atoms with Gasteiger partial charge in [0, 0.05) is 32.7 Å². The Balaban J connectivity index is 0.000000642. The maximum atomic E-state index is 13.0. The molecule has 1 saturated heterocycles. The van der Waals surface area contributed by atoms with Gasteiger partial charge < -0.3 is 30.1 Å². The number of likely N-dealkylation sites (N-methyl/N-ethyl adjacent to an activating group) is 1. The molecular formula is C30H39N3O11S2. The Morgan fingerprint density at radius 2 is 1.41 bits per heavy atom. The van der Waals surface area contributed by atoms with E-state index in [0.29, 0.717) is 24.9 Å². The Kier molecular flexibility index (Phi) is 14.6. The molecule has 4 rings (SSSR count). The highest BCUT2D eigenvalue weighted by Crippen LogP contribution is 2.28. The summed E-state index contributed by atoms with van der Waals surface area (Å²) in [6.45, 7) is 5.65. The number of hydrogen-bond acceptors (Lipinski definition) is 10. The summed E-state index contributed by atoms with van der Waals surface area (Å²) < 4.78 is 57.6. The van der Waals surface area contributed by atoms with Crippen LogP contribution < -0.4 is 10.1 Å². The lowest BCUT2D eigenvalue weighted by molar-refractivity contribution is 0.0698. The Hall–Kier alpha value is -4.06. The van der Waals surface area contributed by atoms with Gasteiger partial charge in [0.2, 0.25) is 0 Å². The van der Waals surface area contributed by atoms with Gasteiger partial charge in [0.25, 0.3) is 26.1 Å². The van der Waals surface area contributed by atoms with Crippen molar-refractivity contribution in [3.8, 4) is 22.6 Å². The average Bonchev–Trinajstić information content (AvgIpc) is 2.95. The minimum atomic E-state index is -3.67. The summed E-state index contributed by atoms with van der Waals surface area (Å²) in [7, 11) is -5.21. The van der Waals surface area contributed by atoms with Gasteiger partial charge in [0.15, 0.2) is 0 Å². The van der Waals surface area contributed by atoms with Crippen molar-refractivity contribution in [1.82, 2.24) is 9.80 Å². The number of carbonyl (C=O) groups is 2. The van der Waals surface area contributed by atoms with Crippen molar-refractivity contribution >= 4 is 37.8 Å². The number of ether oxygens (including phenoxy) is 1. The van der Waals surface area contributed by atoms with E-state index in [1.807, 2.05) is 30.3 Å². The number of piperazine rings is 1. The van der Waals surface area contributed by atoms with Crippen molar-refractivity contribution in [2.24, 2.45) is 0 Å². The third-order valence-corrected chi connectivity index (χ3v) is 6.30. The van der Waals surface area contributed by atoms with Gasteiger partial charge in [0.05, 0.1) is 35.9 Å². The highest BCUT2D eigenvalue weighted by atomic mass is 32.2. The van der Waals surface area contributed by atoms with E-state index >= 15 is 0 Å². The molecule has 1 aliphatic rings. The molecule has 0 spiro atoms. The summed E-state index contributed by atoms with van der Waals surface area (Å²) in [5, 5.41) is 22.6. The molecule has 14 nitrogen and oxygen atoms in total. The van der Waals surface area contributed by atoms with Gasteiger partial charge >= 0.3 is 5.97 Å². The Bertz CT molecular complexity index is 1630. The molecule has 0 bridgehead atoms. The van der Waals surface area contributed by atoms with E-state index < -0.39 is 32.1 Å². The summed E-state index contributed by atoms with van der Waals surface area (Å²) in [6.07, 6.45) is 2.28. The molecule has 252 valence electrons. The van der Waals surface area contributed by atoms with Crippen LogP contribution in [0.2, 0.25) is 0 Å². The molecule has 0 saturated carbocycles. The molecule has 3 aromatic rings. The first-order valence-corrected chi connectivity index (χ1v) is 17.6. The topological polar surface area (TPSA) is 211 Å². The minimum Gasteiger partial charge on any atom is -0.507 e. The van der Waals surface area contributed by atoms with Gasteiger partial charge in [-0.3, -0.25) is 13.9 Å². The second-order valence-electron chi connectivity index (χ2n) is 10.4. The number of rotatable bonds is 9. The highest BCUT2D eigenvalue weighted by molar-refractivity contribution is 7.85. The number of phenolic OH excluding ortho intramolecular Hbond substituents is 1. The second-order valence-corrected chi connectivity index (χ2v) is 13.3. The number of carboxylic acids is 1. The van der Waals surface area contributed by atoms with Crippen LogP contribution in [0.15, 0.2) is 66.7 Å². The summed E-state index contributed by atoms with van der Waals surface area (Å²) in [6, 6.07) is 18.7. The molecule has 0 aromatic heterocycles. The van der Waals surface area contributed by atoms with E-state index in [1.54, 1.807) is 18.2 Å². The maximum Gasteiger partial charge on any atom is 0.337 e. The van der Waals surface area contributed by atoms with Gasteiger partial charge in [0.1, 0.15) is 11.5 Å². The first-order valence-electron chi connectivity index (χ1n) is 13.9. The van der Waals surface area contributed by atoms with Crippen LogP contribution in [0, 0.1) is 0 Å². The molecule has 1 fully saturated rings. The Labute approximate surface area is 268 Å². The van der Waals surface area contributed by atoms with Gasteiger partial charge in [-0.1, -0.05) is 36.4 Å². The summed E-state index contributed by atoms with van der Waals surface area (Å²) in [5.74, 6) is -1.53. The maximum absolute atomic E-state index is 13.0. The van der Waals surface area contributed by atoms with Crippen molar-refractivity contribution in [2.45, 2.75) is 6.42 Å². The van der Waals surface area contributed by atoms with Gasteiger partial charge in [-0.25, -0.2) is 4.79 Å². The van der Waals surface area contributed by atoms with Crippen molar-refractivity contribution in [3.05, 3.63) is 77.9 Å². The molecule has 0 aliphatic carbocycles. The van der Waals surface area contributed by atoms with E-state index in [9.17, 15) is 36.6 Å². The van der Waals surface area contributed by atoms with Crippen LogP contribution in [0.5, 0.6) is 11.5 Å². The van der Waals surface area contributed by atoms with Crippen molar-refractivity contribution < 1.29 is 50.5 Å². The van der Waals surface area contributed by atoms with Crippen LogP contribution in [-0.4, -0.2) is 117 Å². The smallest absolute Gasteiger partial charge is 0.337 e. The molecule has 0 unspecified atom stereocenters. The number of benzene rings is 3. The van der Waals surface area contributed by atoms with Crippen LogP contribution in [0.3, 0.4) is 0 Å². The molecule has 0 radical (unpaired) electrons. The molecular weight excluding hydrogens is 642 g/mol. The molecule has 1 aliphatic heterocycles. The fourth-order valence-electron chi connectivity index (χ4n) is 4.17. The summed E-state index contributed by atoms with van der Waals surface area (Å²) >= 11 is 0. The van der Waals surface area contributed by atoms with Gasteiger partial charge in [-0.05, 0) is 54.9 Å². The summed E-state index contributed by atoms with van der Waals surface area (Å²) in [4.78, 5) is 29.5. The lowest BCUT2D eigenvalue weighted by atomic mass is 10.0. The molecule has 16 heteroatoms. The van der Waals surface area contributed by atoms with Crippen molar-refractivity contribution in [2.75, 3.05) is 64.2 Å². The molecule has 0 atom stereocenters. The normalized spacial score (nSPS) is 13.8. The lowest BCUT2D eigenvalue weighted by Crippen LogP contribution is -2.44. The second kappa shape index (κ2) is 17.6.